The predicted molar refractivity (Wildman–Crippen MR) is 64.1 cm³/mol. The van der Waals surface area contributed by atoms with E-state index in [0.717, 1.165) is 25.9 Å². The Kier molecular flexibility index (Phi) is 5.69. The summed E-state index contributed by atoms with van der Waals surface area (Å²) in [6.45, 7) is 4.58. The Labute approximate surface area is 102 Å². The van der Waals surface area contributed by atoms with E-state index >= 15 is 0 Å². The smallest absolute Gasteiger partial charge is 0.330 e. The molecule has 1 heterocycles. The molecular weight excluding hydrogens is 220 g/mol. The van der Waals surface area contributed by atoms with E-state index < -0.39 is 0 Å². The van der Waals surface area contributed by atoms with E-state index in [2.05, 4.69) is 4.90 Å². The van der Waals surface area contributed by atoms with Crippen molar-refractivity contribution in [2.24, 2.45) is 11.7 Å². The number of ether oxygens (including phenoxy) is 1. The quantitative estimate of drug-likeness (QED) is 0.554. The monoisotopic (exact) mass is 240 g/mol. The Morgan fingerprint density at radius 1 is 1.41 bits per heavy atom. The maximum absolute atomic E-state index is 11.0. The minimum atomic E-state index is -0.306. The van der Waals surface area contributed by atoms with Gasteiger partial charge in [0.25, 0.3) is 0 Å². The highest BCUT2D eigenvalue weighted by Crippen LogP contribution is 2.16. The van der Waals surface area contributed by atoms with Crippen molar-refractivity contribution in [3.8, 4) is 0 Å². The third-order valence-electron chi connectivity index (χ3n) is 2.89. The van der Waals surface area contributed by atoms with Crippen molar-refractivity contribution in [3.05, 3.63) is 12.2 Å². The van der Waals surface area contributed by atoms with E-state index in [1.165, 1.54) is 6.08 Å². The van der Waals surface area contributed by atoms with Gasteiger partial charge < -0.3 is 10.5 Å². The van der Waals surface area contributed by atoms with Gasteiger partial charge in [0.05, 0.1) is 6.61 Å². The first-order valence-electron chi connectivity index (χ1n) is 5.98. The zero-order chi connectivity index (χ0) is 12.7. The Balaban J connectivity index is 2.22. The second-order valence-electron chi connectivity index (χ2n) is 4.13. The van der Waals surface area contributed by atoms with Crippen molar-refractivity contribution in [2.75, 3.05) is 26.2 Å². The van der Waals surface area contributed by atoms with E-state index in [-0.39, 0.29) is 17.8 Å². The third kappa shape index (κ3) is 4.99. The molecule has 96 valence electrons. The minimum absolute atomic E-state index is 0.0142. The van der Waals surface area contributed by atoms with E-state index in [1.54, 1.807) is 13.0 Å². The molecule has 0 atom stereocenters. The molecule has 0 saturated carbocycles. The molecule has 2 N–H and O–H groups in total. The number of esters is 1. The summed E-state index contributed by atoms with van der Waals surface area (Å²) in [4.78, 5) is 24.2. The molecule has 0 aliphatic carbocycles. The van der Waals surface area contributed by atoms with Gasteiger partial charge in [0.15, 0.2) is 0 Å². The molecule has 0 radical (unpaired) electrons. The summed E-state index contributed by atoms with van der Waals surface area (Å²) < 4.78 is 4.77. The molecule has 0 bridgehead atoms. The number of nitrogens with zero attached hydrogens (tertiary/aromatic N) is 1. The zero-order valence-electron chi connectivity index (χ0n) is 10.2. The van der Waals surface area contributed by atoms with Crippen LogP contribution in [0.1, 0.15) is 19.8 Å². The highest BCUT2D eigenvalue weighted by Gasteiger charge is 2.22. The summed E-state index contributed by atoms with van der Waals surface area (Å²) in [6.07, 6.45) is 4.86. The third-order valence-corrected chi connectivity index (χ3v) is 2.89. The van der Waals surface area contributed by atoms with Gasteiger partial charge in [-0.2, -0.15) is 0 Å². The number of nitrogens with two attached hydrogens (primary N) is 1. The molecule has 0 aromatic carbocycles. The minimum Gasteiger partial charge on any atom is -0.463 e. The standard InChI is InChI=1S/C12H20N2O3/c1-2-17-11(15)4-3-7-14-8-5-10(6-9-14)12(13)16/h3-4,10H,2,5-9H2,1H3,(H2,13,16)/b4-3+. The van der Waals surface area contributed by atoms with Gasteiger partial charge in [0, 0.05) is 18.5 Å². The summed E-state index contributed by atoms with van der Waals surface area (Å²) >= 11 is 0. The first-order valence-corrected chi connectivity index (χ1v) is 5.98. The summed E-state index contributed by atoms with van der Waals surface area (Å²) in [5.74, 6) is -0.494. The van der Waals surface area contributed by atoms with Crippen LogP contribution in [-0.4, -0.2) is 43.0 Å². The van der Waals surface area contributed by atoms with E-state index in [9.17, 15) is 9.59 Å². The van der Waals surface area contributed by atoms with Crippen LogP contribution in [-0.2, 0) is 14.3 Å². The number of hydrogen-bond donors (Lipinski definition) is 1. The first kappa shape index (κ1) is 13.7. The largest absolute Gasteiger partial charge is 0.463 e. The van der Waals surface area contributed by atoms with Crippen molar-refractivity contribution < 1.29 is 14.3 Å². The maximum atomic E-state index is 11.0. The van der Waals surface area contributed by atoms with Gasteiger partial charge in [0.1, 0.15) is 0 Å². The molecule has 0 aromatic heterocycles. The number of rotatable bonds is 5. The molecule has 1 amide bonds. The first-order chi connectivity index (χ1) is 8.13. The topological polar surface area (TPSA) is 72.6 Å². The second kappa shape index (κ2) is 7.06. The van der Waals surface area contributed by atoms with Crippen LogP contribution in [0.3, 0.4) is 0 Å². The lowest BCUT2D eigenvalue weighted by Gasteiger charge is -2.29. The Morgan fingerprint density at radius 2 is 2.06 bits per heavy atom. The van der Waals surface area contributed by atoms with Crippen LogP contribution in [0, 0.1) is 5.92 Å². The molecule has 0 unspecified atom stereocenters. The van der Waals surface area contributed by atoms with E-state index in [0.29, 0.717) is 13.2 Å². The fraction of sp³-hybridized carbons (Fsp3) is 0.667. The molecule has 1 aliphatic rings. The summed E-state index contributed by atoms with van der Waals surface area (Å²) in [5, 5.41) is 0. The number of carbonyl (C=O) groups is 2. The van der Waals surface area contributed by atoms with E-state index in [1.807, 2.05) is 0 Å². The number of hydrogen-bond acceptors (Lipinski definition) is 4. The van der Waals surface area contributed by atoms with Crippen LogP contribution < -0.4 is 5.73 Å². The van der Waals surface area contributed by atoms with Gasteiger partial charge in [0.2, 0.25) is 5.91 Å². The lowest BCUT2D eigenvalue weighted by molar-refractivity contribution is -0.137. The summed E-state index contributed by atoms with van der Waals surface area (Å²) in [7, 11) is 0. The fourth-order valence-electron chi connectivity index (χ4n) is 1.89. The molecule has 0 aromatic rings. The van der Waals surface area contributed by atoms with E-state index in [4.69, 9.17) is 10.5 Å². The Hall–Kier alpha value is -1.36. The maximum Gasteiger partial charge on any atom is 0.330 e. The van der Waals surface area contributed by atoms with Crippen molar-refractivity contribution in [3.63, 3.8) is 0 Å². The molecule has 1 saturated heterocycles. The van der Waals surface area contributed by atoms with Gasteiger partial charge in [-0.1, -0.05) is 6.08 Å². The van der Waals surface area contributed by atoms with Gasteiger partial charge in [-0.3, -0.25) is 9.69 Å². The fourth-order valence-corrected chi connectivity index (χ4v) is 1.89. The normalized spacial score (nSPS) is 18.4. The van der Waals surface area contributed by atoms with Crippen LogP contribution in [0.25, 0.3) is 0 Å². The van der Waals surface area contributed by atoms with Crippen LogP contribution in [0.15, 0.2) is 12.2 Å². The summed E-state index contributed by atoms with van der Waals surface area (Å²) in [5.41, 5.74) is 5.25. The highest BCUT2D eigenvalue weighted by molar-refractivity contribution is 5.81. The molecular formula is C12H20N2O3. The van der Waals surface area contributed by atoms with Crippen molar-refractivity contribution in [1.82, 2.24) is 4.90 Å². The average molecular weight is 240 g/mol. The van der Waals surface area contributed by atoms with Crippen molar-refractivity contribution >= 4 is 11.9 Å². The second-order valence-corrected chi connectivity index (χ2v) is 4.13. The van der Waals surface area contributed by atoms with Crippen LogP contribution in [0.2, 0.25) is 0 Å². The average Bonchev–Trinajstić information content (AvgIpc) is 2.30. The van der Waals surface area contributed by atoms with Crippen LogP contribution >= 0.6 is 0 Å². The lowest BCUT2D eigenvalue weighted by atomic mass is 9.96. The molecule has 17 heavy (non-hydrogen) atoms. The van der Waals surface area contributed by atoms with Crippen LogP contribution in [0.4, 0.5) is 0 Å². The van der Waals surface area contributed by atoms with Gasteiger partial charge in [-0.15, -0.1) is 0 Å². The number of carbonyl (C=O) groups excluding carboxylic acids is 2. The lowest BCUT2D eigenvalue weighted by Crippen LogP contribution is -2.38. The van der Waals surface area contributed by atoms with Gasteiger partial charge in [-0.05, 0) is 32.9 Å². The van der Waals surface area contributed by atoms with Crippen molar-refractivity contribution in [2.45, 2.75) is 19.8 Å². The van der Waals surface area contributed by atoms with Gasteiger partial charge >= 0.3 is 5.97 Å². The number of likely N-dealkylation sites (tertiary alicyclic amines) is 1. The van der Waals surface area contributed by atoms with Crippen molar-refractivity contribution in [1.29, 1.82) is 0 Å². The summed E-state index contributed by atoms with van der Waals surface area (Å²) in [6, 6.07) is 0. The number of piperidine rings is 1. The number of primary amides is 1. The van der Waals surface area contributed by atoms with Crippen LogP contribution in [0.5, 0.6) is 0 Å². The molecule has 1 aliphatic heterocycles. The Bertz CT molecular complexity index is 294. The predicted octanol–water partition coefficient (Wildman–Crippen LogP) is 0.303. The molecule has 1 fully saturated rings. The van der Waals surface area contributed by atoms with Gasteiger partial charge in [-0.25, -0.2) is 4.79 Å². The molecule has 5 nitrogen and oxygen atoms in total. The molecule has 1 rings (SSSR count). The Morgan fingerprint density at radius 3 is 2.59 bits per heavy atom. The number of amides is 1. The zero-order valence-corrected chi connectivity index (χ0v) is 10.2. The molecule has 0 spiro atoms. The molecule has 5 heteroatoms. The highest BCUT2D eigenvalue weighted by atomic mass is 16.5. The SMILES string of the molecule is CCOC(=O)/C=C/CN1CCC(C(N)=O)CC1.